The summed E-state index contributed by atoms with van der Waals surface area (Å²) >= 11 is 0. The third kappa shape index (κ3) is 2.15. The van der Waals surface area contributed by atoms with E-state index in [1.165, 1.54) is 25.4 Å². The fraction of sp³-hybridized carbons (Fsp3) is 0.0769. The van der Waals surface area contributed by atoms with Crippen molar-refractivity contribution in [1.82, 2.24) is 4.98 Å². The summed E-state index contributed by atoms with van der Waals surface area (Å²) in [4.78, 5) is 15.3. The number of rotatable bonds is 2. The lowest BCUT2D eigenvalue weighted by atomic mass is 10.1. The molecule has 18 heavy (non-hydrogen) atoms. The van der Waals surface area contributed by atoms with Gasteiger partial charge in [-0.05, 0) is 12.1 Å². The van der Waals surface area contributed by atoms with E-state index in [0.717, 1.165) is 0 Å². The highest BCUT2D eigenvalue weighted by molar-refractivity contribution is 5.95. The van der Waals surface area contributed by atoms with Gasteiger partial charge in [-0.25, -0.2) is 14.2 Å². The van der Waals surface area contributed by atoms with Gasteiger partial charge in [0, 0.05) is 17.3 Å². The summed E-state index contributed by atoms with van der Waals surface area (Å²) in [5.74, 6) is -0.931. The molecule has 0 radical (unpaired) electrons. The molecule has 0 saturated carbocycles. The fourth-order valence-corrected chi connectivity index (χ4v) is 1.59. The van der Waals surface area contributed by atoms with Gasteiger partial charge < -0.3 is 10.5 Å². The van der Waals surface area contributed by atoms with E-state index in [0.29, 0.717) is 11.1 Å². The molecule has 0 aliphatic carbocycles. The zero-order valence-electron chi connectivity index (χ0n) is 9.68. The molecule has 0 bridgehead atoms. The molecule has 0 unspecified atom stereocenters. The van der Waals surface area contributed by atoms with Crippen molar-refractivity contribution in [3.63, 3.8) is 0 Å². The van der Waals surface area contributed by atoms with Crippen LogP contribution in [0.25, 0.3) is 11.1 Å². The number of hydrogen-bond donors (Lipinski definition) is 1. The van der Waals surface area contributed by atoms with Gasteiger partial charge in [0.05, 0.1) is 7.11 Å². The van der Waals surface area contributed by atoms with Crippen molar-refractivity contribution in [1.29, 1.82) is 0 Å². The van der Waals surface area contributed by atoms with Crippen LogP contribution in [0.4, 0.5) is 10.2 Å². The molecule has 1 aromatic carbocycles. The first-order valence-electron chi connectivity index (χ1n) is 5.22. The summed E-state index contributed by atoms with van der Waals surface area (Å²) < 4.78 is 18.2. The number of halogens is 1. The van der Waals surface area contributed by atoms with E-state index in [1.54, 1.807) is 18.2 Å². The molecule has 1 aromatic heterocycles. The SMILES string of the molecule is COC(=O)c1cc(-c2ccccc2F)cnc1N. The van der Waals surface area contributed by atoms with E-state index < -0.39 is 5.97 Å². The van der Waals surface area contributed by atoms with E-state index in [9.17, 15) is 9.18 Å². The van der Waals surface area contributed by atoms with Gasteiger partial charge in [-0.3, -0.25) is 0 Å². The highest BCUT2D eigenvalue weighted by Gasteiger charge is 2.14. The lowest BCUT2D eigenvalue weighted by Crippen LogP contribution is -2.07. The predicted octanol–water partition coefficient (Wildman–Crippen LogP) is 2.26. The number of pyridine rings is 1. The van der Waals surface area contributed by atoms with Gasteiger partial charge in [0.1, 0.15) is 17.2 Å². The second kappa shape index (κ2) is 4.83. The van der Waals surface area contributed by atoms with E-state index in [-0.39, 0.29) is 17.2 Å². The average molecular weight is 246 g/mol. The number of carbonyl (C=O) groups excluding carboxylic acids is 1. The summed E-state index contributed by atoms with van der Waals surface area (Å²) in [6, 6.07) is 7.69. The number of nitrogens with zero attached hydrogens (tertiary/aromatic N) is 1. The van der Waals surface area contributed by atoms with Gasteiger partial charge >= 0.3 is 5.97 Å². The van der Waals surface area contributed by atoms with Crippen LogP contribution in [-0.2, 0) is 4.74 Å². The standard InChI is InChI=1S/C13H11FN2O2/c1-18-13(17)10-6-8(7-16-12(10)15)9-4-2-3-5-11(9)14/h2-7H,1H3,(H2,15,16). The smallest absolute Gasteiger partial charge is 0.341 e. The highest BCUT2D eigenvalue weighted by Crippen LogP contribution is 2.24. The maximum Gasteiger partial charge on any atom is 0.341 e. The summed E-state index contributed by atoms with van der Waals surface area (Å²) in [6.07, 6.45) is 1.42. The topological polar surface area (TPSA) is 65.2 Å². The molecule has 2 N–H and O–H groups in total. The van der Waals surface area contributed by atoms with Gasteiger partial charge in [0.25, 0.3) is 0 Å². The Kier molecular flexibility index (Phi) is 3.23. The van der Waals surface area contributed by atoms with Crippen LogP contribution < -0.4 is 5.73 Å². The number of nitrogen functional groups attached to an aromatic ring is 1. The second-order valence-electron chi connectivity index (χ2n) is 3.63. The minimum atomic E-state index is -0.599. The molecule has 0 spiro atoms. The molecule has 0 aliphatic heterocycles. The second-order valence-corrected chi connectivity index (χ2v) is 3.63. The van der Waals surface area contributed by atoms with Crippen LogP contribution in [0, 0.1) is 5.82 Å². The number of esters is 1. The predicted molar refractivity (Wildman–Crippen MR) is 65.4 cm³/mol. The average Bonchev–Trinajstić information content (AvgIpc) is 2.39. The van der Waals surface area contributed by atoms with Crippen molar-refractivity contribution in [2.75, 3.05) is 12.8 Å². The maximum atomic E-state index is 13.6. The number of aromatic nitrogens is 1. The first-order chi connectivity index (χ1) is 8.63. The Balaban J connectivity index is 2.54. The Labute approximate surface area is 103 Å². The number of nitrogens with two attached hydrogens (primary N) is 1. The first kappa shape index (κ1) is 12.0. The number of hydrogen-bond acceptors (Lipinski definition) is 4. The lowest BCUT2D eigenvalue weighted by Gasteiger charge is -2.07. The Morgan fingerprint density at radius 2 is 2.11 bits per heavy atom. The van der Waals surface area contributed by atoms with Gasteiger partial charge in [-0.2, -0.15) is 0 Å². The molecule has 2 aromatic rings. The number of carbonyl (C=O) groups is 1. The molecular formula is C13H11FN2O2. The van der Waals surface area contributed by atoms with Crippen LogP contribution >= 0.6 is 0 Å². The molecule has 5 heteroatoms. The Hall–Kier alpha value is -2.43. The van der Waals surface area contributed by atoms with Crippen molar-refractivity contribution >= 4 is 11.8 Å². The van der Waals surface area contributed by atoms with Crippen LogP contribution in [-0.4, -0.2) is 18.1 Å². The Bertz CT molecular complexity index is 599. The highest BCUT2D eigenvalue weighted by atomic mass is 19.1. The molecule has 4 nitrogen and oxygen atoms in total. The number of ether oxygens (including phenoxy) is 1. The minimum Gasteiger partial charge on any atom is -0.465 e. The normalized spacial score (nSPS) is 10.1. The van der Waals surface area contributed by atoms with E-state index in [2.05, 4.69) is 9.72 Å². The van der Waals surface area contributed by atoms with Gasteiger partial charge in [0.2, 0.25) is 0 Å². The molecule has 0 atom stereocenters. The Morgan fingerprint density at radius 1 is 1.39 bits per heavy atom. The van der Waals surface area contributed by atoms with Gasteiger partial charge in [-0.1, -0.05) is 18.2 Å². The van der Waals surface area contributed by atoms with E-state index >= 15 is 0 Å². The van der Waals surface area contributed by atoms with E-state index in [1.807, 2.05) is 0 Å². The van der Waals surface area contributed by atoms with Crippen molar-refractivity contribution in [2.45, 2.75) is 0 Å². The van der Waals surface area contributed by atoms with Gasteiger partial charge in [0.15, 0.2) is 0 Å². The monoisotopic (exact) mass is 246 g/mol. The summed E-state index contributed by atoms with van der Waals surface area (Å²) in [5, 5.41) is 0. The zero-order chi connectivity index (χ0) is 13.1. The molecule has 0 fully saturated rings. The largest absolute Gasteiger partial charge is 0.465 e. The summed E-state index contributed by atoms with van der Waals surface area (Å²) in [5.41, 5.74) is 6.53. The summed E-state index contributed by atoms with van der Waals surface area (Å²) in [7, 11) is 1.25. The van der Waals surface area contributed by atoms with Crippen molar-refractivity contribution in [3.05, 3.63) is 47.9 Å². The molecule has 92 valence electrons. The third-order valence-corrected chi connectivity index (χ3v) is 2.51. The quantitative estimate of drug-likeness (QED) is 0.825. The minimum absolute atomic E-state index is 0.0574. The van der Waals surface area contributed by atoms with Crippen molar-refractivity contribution in [3.8, 4) is 11.1 Å². The molecule has 0 amide bonds. The van der Waals surface area contributed by atoms with Gasteiger partial charge in [-0.15, -0.1) is 0 Å². The lowest BCUT2D eigenvalue weighted by molar-refractivity contribution is 0.0601. The first-order valence-corrected chi connectivity index (χ1v) is 5.22. The number of benzene rings is 1. The summed E-state index contributed by atoms with van der Waals surface area (Å²) in [6.45, 7) is 0. The zero-order valence-corrected chi connectivity index (χ0v) is 9.68. The Morgan fingerprint density at radius 3 is 2.78 bits per heavy atom. The fourth-order valence-electron chi connectivity index (χ4n) is 1.59. The van der Waals surface area contributed by atoms with Crippen LogP contribution in [0.3, 0.4) is 0 Å². The third-order valence-electron chi connectivity index (χ3n) is 2.51. The molecule has 0 saturated heterocycles. The van der Waals surface area contributed by atoms with E-state index in [4.69, 9.17) is 5.73 Å². The van der Waals surface area contributed by atoms with Crippen LogP contribution in [0.15, 0.2) is 36.5 Å². The van der Waals surface area contributed by atoms with Crippen LogP contribution in [0.1, 0.15) is 10.4 Å². The molecular weight excluding hydrogens is 235 g/mol. The molecule has 1 heterocycles. The van der Waals surface area contributed by atoms with Crippen LogP contribution in [0.5, 0.6) is 0 Å². The van der Waals surface area contributed by atoms with Crippen molar-refractivity contribution < 1.29 is 13.9 Å². The van der Waals surface area contributed by atoms with Crippen molar-refractivity contribution in [2.24, 2.45) is 0 Å². The number of anilines is 1. The maximum absolute atomic E-state index is 13.6. The number of methoxy groups -OCH3 is 1. The molecule has 0 aliphatic rings. The van der Waals surface area contributed by atoms with Crippen LogP contribution in [0.2, 0.25) is 0 Å². The molecule has 2 rings (SSSR count).